The van der Waals surface area contributed by atoms with Gasteiger partial charge in [0.15, 0.2) is 0 Å². The smallest absolute Gasteiger partial charge is 0.00992 e. The van der Waals surface area contributed by atoms with E-state index in [1.807, 2.05) is 0 Å². The number of nitrogens with one attached hydrogen (secondary N) is 1. The van der Waals surface area contributed by atoms with E-state index >= 15 is 0 Å². The van der Waals surface area contributed by atoms with Crippen LogP contribution >= 0.6 is 0 Å². The van der Waals surface area contributed by atoms with Gasteiger partial charge in [-0.3, -0.25) is 0 Å². The van der Waals surface area contributed by atoms with Crippen LogP contribution in [0.5, 0.6) is 0 Å². The first-order valence-electron chi connectivity index (χ1n) is 7.00. The molecule has 0 radical (unpaired) electrons. The Bertz CT molecular complexity index is 331. The lowest BCUT2D eigenvalue weighted by molar-refractivity contribution is 0.453. The molecule has 1 aromatic carbocycles. The Morgan fingerprint density at radius 3 is 2.47 bits per heavy atom. The number of hydrogen-bond acceptors (Lipinski definition) is 1. The highest BCUT2D eigenvalue weighted by Crippen LogP contribution is 2.34. The number of benzene rings is 1. The molecule has 1 nitrogen and oxygen atoms in total. The number of hydrogen-bond donors (Lipinski definition) is 1. The van der Waals surface area contributed by atoms with Crippen LogP contribution in [0, 0.1) is 11.8 Å². The van der Waals surface area contributed by atoms with E-state index in [-0.39, 0.29) is 0 Å². The summed E-state index contributed by atoms with van der Waals surface area (Å²) >= 11 is 0. The lowest BCUT2D eigenvalue weighted by atomic mass is 9.88. The molecular formula is C16H25N. The third-order valence-corrected chi connectivity index (χ3v) is 4.08. The van der Waals surface area contributed by atoms with E-state index in [0.717, 1.165) is 18.5 Å². The minimum atomic E-state index is 0.648. The molecule has 1 saturated carbocycles. The molecule has 94 valence electrons. The van der Waals surface area contributed by atoms with Gasteiger partial charge in [-0.25, -0.2) is 0 Å². The van der Waals surface area contributed by atoms with E-state index in [1.54, 1.807) is 0 Å². The maximum Gasteiger partial charge on any atom is 0.00992 e. The molecule has 0 bridgehead atoms. The summed E-state index contributed by atoms with van der Waals surface area (Å²) in [5, 5.41) is 3.74. The van der Waals surface area contributed by atoms with Crippen LogP contribution in [0.4, 0.5) is 0 Å². The molecule has 1 N–H and O–H groups in total. The van der Waals surface area contributed by atoms with Gasteiger partial charge in [-0.2, -0.15) is 0 Å². The van der Waals surface area contributed by atoms with Crippen molar-refractivity contribution in [3.05, 3.63) is 35.9 Å². The highest BCUT2D eigenvalue weighted by atomic mass is 15.0. The summed E-state index contributed by atoms with van der Waals surface area (Å²) in [6.45, 7) is 8.07. The van der Waals surface area contributed by atoms with Crippen molar-refractivity contribution >= 4 is 0 Å². The second-order valence-electron chi connectivity index (χ2n) is 5.68. The van der Waals surface area contributed by atoms with Gasteiger partial charge in [-0.1, -0.05) is 57.5 Å². The molecule has 3 atom stereocenters. The van der Waals surface area contributed by atoms with E-state index in [4.69, 9.17) is 0 Å². The van der Waals surface area contributed by atoms with Crippen molar-refractivity contribution in [3.8, 4) is 0 Å². The fourth-order valence-corrected chi connectivity index (χ4v) is 2.67. The Hall–Kier alpha value is -0.820. The summed E-state index contributed by atoms with van der Waals surface area (Å²) in [6.07, 6.45) is 2.71. The zero-order valence-electron chi connectivity index (χ0n) is 11.3. The van der Waals surface area contributed by atoms with Crippen molar-refractivity contribution in [2.75, 3.05) is 6.54 Å². The SMILES string of the molecule is CCC1CC1NCC(c1ccccc1)C(C)C. The van der Waals surface area contributed by atoms with Crippen LogP contribution in [0.25, 0.3) is 0 Å². The molecule has 17 heavy (non-hydrogen) atoms. The van der Waals surface area contributed by atoms with Crippen LogP contribution in [-0.2, 0) is 0 Å². The van der Waals surface area contributed by atoms with Gasteiger partial charge in [0, 0.05) is 12.6 Å². The molecule has 3 unspecified atom stereocenters. The molecule has 1 aliphatic rings. The Morgan fingerprint density at radius 1 is 1.24 bits per heavy atom. The van der Waals surface area contributed by atoms with Crippen molar-refractivity contribution in [3.63, 3.8) is 0 Å². The molecule has 2 rings (SSSR count). The van der Waals surface area contributed by atoms with Gasteiger partial charge < -0.3 is 5.32 Å². The van der Waals surface area contributed by atoms with Crippen molar-refractivity contribution in [1.82, 2.24) is 5.32 Å². The molecular weight excluding hydrogens is 206 g/mol. The zero-order chi connectivity index (χ0) is 12.3. The Kier molecular flexibility index (Phi) is 4.22. The lowest BCUT2D eigenvalue weighted by Gasteiger charge is -2.22. The van der Waals surface area contributed by atoms with E-state index in [2.05, 4.69) is 56.4 Å². The summed E-state index contributed by atoms with van der Waals surface area (Å²) in [6, 6.07) is 11.7. The largest absolute Gasteiger partial charge is 0.313 e. The predicted molar refractivity (Wildman–Crippen MR) is 74.2 cm³/mol. The third kappa shape index (κ3) is 3.32. The van der Waals surface area contributed by atoms with Gasteiger partial charge >= 0.3 is 0 Å². The first-order chi connectivity index (χ1) is 8.22. The Balaban J connectivity index is 1.90. The van der Waals surface area contributed by atoms with Crippen LogP contribution in [0.3, 0.4) is 0 Å². The fourth-order valence-electron chi connectivity index (χ4n) is 2.67. The maximum absolute atomic E-state index is 3.74. The molecule has 1 heteroatoms. The van der Waals surface area contributed by atoms with E-state index in [1.165, 1.54) is 18.4 Å². The quantitative estimate of drug-likeness (QED) is 0.785. The molecule has 0 heterocycles. The van der Waals surface area contributed by atoms with Gasteiger partial charge in [0.2, 0.25) is 0 Å². The molecule has 0 aromatic heterocycles. The average Bonchev–Trinajstić information content (AvgIpc) is 3.09. The molecule has 1 aromatic rings. The van der Waals surface area contributed by atoms with E-state index in [9.17, 15) is 0 Å². The van der Waals surface area contributed by atoms with Crippen molar-refractivity contribution in [2.45, 2.75) is 45.6 Å². The summed E-state index contributed by atoms with van der Waals surface area (Å²) in [7, 11) is 0. The highest BCUT2D eigenvalue weighted by Gasteiger charge is 2.35. The third-order valence-electron chi connectivity index (χ3n) is 4.08. The topological polar surface area (TPSA) is 12.0 Å². The van der Waals surface area contributed by atoms with Crippen LogP contribution in [0.15, 0.2) is 30.3 Å². The van der Waals surface area contributed by atoms with E-state index < -0.39 is 0 Å². The van der Waals surface area contributed by atoms with Crippen LogP contribution < -0.4 is 5.32 Å². The van der Waals surface area contributed by atoms with Crippen LogP contribution in [-0.4, -0.2) is 12.6 Å². The molecule has 0 aliphatic heterocycles. The second-order valence-corrected chi connectivity index (χ2v) is 5.68. The normalized spacial score (nSPS) is 24.9. The standard InChI is InChI=1S/C16H25N/c1-4-13-10-16(13)17-11-15(12(2)3)14-8-6-5-7-9-14/h5-9,12-13,15-17H,4,10-11H2,1-3H3. The molecule has 0 amide bonds. The molecule has 0 saturated heterocycles. The highest BCUT2D eigenvalue weighted by molar-refractivity contribution is 5.20. The monoisotopic (exact) mass is 231 g/mol. The molecule has 0 spiro atoms. The second kappa shape index (κ2) is 5.68. The van der Waals surface area contributed by atoms with Crippen LogP contribution in [0.2, 0.25) is 0 Å². The summed E-state index contributed by atoms with van der Waals surface area (Å²) in [5.41, 5.74) is 1.48. The summed E-state index contributed by atoms with van der Waals surface area (Å²) in [5.74, 6) is 2.29. The molecule has 1 aliphatic carbocycles. The van der Waals surface area contributed by atoms with Gasteiger partial charge in [-0.05, 0) is 29.7 Å². The lowest BCUT2D eigenvalue weighted by Crippen LogP contribution is -2.27. The average molecular weight is 231 g/mol. The van der Waals surface area contributed by atoms with Crippen molar-refractivity contribution in [1.29, 1.82) is 0 Å². The zero-order valence-corrected chi connectivity index (χ0v) is 11.3. The number of rotatable bonds is 6. The first-order valence-corrected chi connectivity index (χ1v) is 7.00. The molecule has 1 fully saturated rings. The minimum Gasteiger partial charge on any atom is -0.313 e. The van der Waals surface area contributed by atoms with Crippen LogP contribution in [0.1, 0.15) is 45.1 Å². The van der Waals surface area contributed by atoms with E-state index in [0.29, 0.717) is 11.8 Å². The Labute approximate surface area is 106 Å². The van der Waals surface area contributed by atoms with Crippen molar-refractivity contribution in [2.24, 2.45) is 11.8 Å². The summed E-state index contributed by atoms with van der Waals surface area (Å²) in [4.78, 5) is 0. The van der Waals surface area contributed by atoms with Gasteiger partial charge in [0.05, 0.1) is 0 Å². The fraction of sp³-hybridized carbons (Fsp3) is 0.625. The van der Waals surface area contributed by atoms with Gasteiger partial charge in [0.25, 0.3) is 0 Å². The maximum atomic E-state index is 3.74. The summed E-state index contributed by atoms with van der Waals surface area (Å²) < 4.78 is 0. The van der Waals surface area contributed by atoms with Crippen molar-refractivity contribution < 1.29 is 0 Å². The van der Waals surface area contributed by atoms with Gasteiger partial charge in [-0.15, -0.1) is 0 Å². The minimum absolute atomic E-state index is 0.648. The predicted octanol–water partition coefficient (Wildman–Crippen LogP) is 3.81. The first kappa shape index (κ1) is 12.6. The van der Waals surface area contributed by atoms with Gasteiger partial charge in [0.1, 0.15) is 0 Å². The Morgan fingerprint density at radius 2 is 1.94 bits per heavy atom.